The molecule has 8 nitrogen and oxygen atoms in total. The minimum atomic E-state index is -0.183. The van der Waals surface area contributed by atoms with Crippen LogP contribution in [0.2, 0.25) is 0 Å². The van der Waals surface area contributed by atoms with Crippen molar-refractivity contribution < 1.29 is 23.4 Å². The van der Waals surface area contributed by atoms with E-state index in [1.807, 2.05) is 72.8 Å². The zero-order chi connectivity index (χ0) is 27.7. The maximum absolute atomic E-state index is 13.4. The molecule has 0 saturated carbocycles. The molecule has 0 unspecified atom stereocenters. The van der Waals surface area contributed by atoms with Crippen LogP contribution in [0.15, 0.2) is 111 Å². The third-order valence-corrected chi connectivity index (χ3v) is 6.94. The van der Waals surface area contributed by atoms with E-state index < -0.39 is 0 Å². The molecule has 0 bridgehead atoms. The molecule has 0 aliphatic carbocycles. The van der Waals surface area contributed by atoms with Gasteiger partial charge in [-0.1, -0.05) is 42.5 Å². The van der Waals surface area contributed by atoms with Gasteiger partial charge in [-0.3, -0.25) is 9.69 Å². The molecule has 0 atom stereocenters. The van der Waals surface area contributed by atoms with Crippen LogP contribution < -0.4 is 14.2 Å². The predicted octanol–water partition coefficient (Wildman–Crippen LogP) is 6.38. The van der Waals surface area contributed by atoms with Gasteiger partial charge in [-0.2, -0.15) is 5.10 Å². The van der Waals surface area contributed by atoms with Crippen molar-refractivity contribution in [3.05, 3.63) is 119 Å². The van der Waals surface area contributed by atoms with E-state index in [1.165, 1.54) is 11.8 Å². The summed E-state index contributed by atoms with van der Waals surface area (Å²) in [4.78, 5) is 15.5. The second-order valence-electron chi connectivity index (χ2n) is 8.67. The number of methoxy groups -OCH3 is 2. The van der Waals surface area contributed by atoms with Gasteiger partial charge >= 0.3 is 0 Å². The van der Waals surface area contributed by atoms with Crippen molar-refractivity contribution in [1.29, 1.82) is 0 Å². The third kappa shape index (κ3) is 6.62. The van der Waals surface area contributed by atoms with Crippen molar-refractivity contribution in [2.45, 2.75) is 13.2 Å². The van der Waals surface area contributed by atoms with Gasteiger partial charge in [0.15, 0.2) is 16.7 Å². The Balaban J connectivity index is 1.36. The second kappa shape index (κ2) is 12.9. The van der Waals surface area contributed by atoms with Crippen molar-refractivity contribution in [2.24, 2.45) is 10.2 Å². The van der Waals surface area contributed by atoms with Gasteiger partial charge in [-0.05, 0) is 77.0 Å². The molecule has 202 valence electrons. The molecule has 2 heterocycles. The molecule has 0 spiro atoms. The Morgan fingerprint density at radius 3 is 2.52 bits per heavy atom. The number of carbonyl (C=O) groups excluding carboxylic acids is 1. The summed E-state index contributed by atoms with van der Waals surface area (Å²) in [5, 5.41) is 9.07. The van der Waals surface area contributed by atoms with Crippen molar-refractivity contribution in [3.63, 3.8) is 0 Å². The van der Waals surface area contributed by atoms with Gasteiger partial charge in [0.05, 0.1) is 38.1 Å². The van der Waals surface area contributed by atoms with E-state index in [2.05, 4.69) is 10.2 Å². The fraction of sp³-hybridized carbons (Fsp3) is 0.129. The molecule has 1 fully saturated rings. The number of thioether (sulfide) groups is 1. The van der Waals surface area contributed by atoms with Crippen LogP contribution in [-0.4, -0.2) is 36.4 Å². The van der Waals surface area contributed by atoms with Gasteiger partial charge in [0, 0.05) is 0 Å². The van der Waals surface area contributed by atoms with Crippen LogP contribution in [0.4, 0.5) is 0 Å². The third-order valence-electron chi connectivity index (χ3n) is 5.94. The van der Waals surface area contributed by atoms with Gasteiger partial charge < -0.3 is 18.6 Å². The van der Waals surface area contributed by atoms with Crippen LogP contribution in [0.3, 0.4) is 0 Å². The summed E-state index contributed by atoms with van der Waals surface area (Å²) < 4.78 is 22.1. The molecule has 1 saturated heterocycles. The normalized spacial score (nSPS) is 15.3. The lowest BCUT2D eigenvalue weighted by Gasteiger charge is -2.12. The van der Waals surface area contributed by atoms with Crippen LogP contribution in [-0.2, 0) is 17.9 Å². The molecule has 1 amide bonds. The molecular weight excluding hydrogens is 526 g/mol. The number of rotatable bonds is 10. The predicted molar refractivity (Wildman–Crippen MR) is 157 cm³/mol. The fourth-order valence-corrected chi connectivity index (χ4v) is 4.88. The Bertz CT molecular complexity index is 1550. The molecule has 9 heteroatoms. The molecular formula is C31H27N3O5S. The first-order valence-corrected chi connectivity index (χ1v) is 13.3. The lowest BCUT2D eigenvalue weighted by molar-refractivity contribution is -0.122. The summed E-state index contributed by atoms with van der Waals surface area (Å²) in [6.07, 6.45) is 5.01. The summed E-state index contributed by atoms with van der Waals surface area (Å²) in [6.45, 7) is 0.696. The van der Waals surface area contributed by atoms with Gasteiger partial charge in [0.2, 0.25) is 0 Å². The Hall–Kier alpha value is -4.76. The number of carbonyl (C=O) groups is 1. The average Bonchev–Trinajstić information content (AvgIpc) is 3.61. The van der Waals surface area contributed by atoms with Crippen LogP contribution in [0.5, 0.6) is 17.2 Å². The molecule has 5 rings (SSSR count). The number of hydrogen-bond donors (Lipinski definition) is 0. The number of amides is 1. The quantitative estimate of drug-likeness (QED) is 0.129. The highest BCUT2D eigenvalue weighted by atomic mass is 32.2. The highest BCUT2D eigenvalue weighted by Gasteiger charge is 2.34. The Kier molecular flexibility index (Phi) is 8.63. The first-order chi connectivity index (χ1) is 19.6. The van der Waals surface area contributed by atoms with Gasteiger partial charge in [0.25, 0.3) is 5.91 Å². The maximum Gasteiger partial charge on any atom is 0.267 e. The van der Waals surface area contributed by atoms with Crippen LogP contribution >= 0.6 is 11.8 Å². The maximum atomic E-state index is 13.4. The summed E-state index contributed by atoms with van der Waals surface area (Å²) in [5.41, 5.74) is 2.70. The van der Waals surface area contributed by atoms with Gasteiger partial charge in [-0.15, -0.1) is 5.10 Å². The summed E-state index contributed by atoms with van der Waals surface area (Å²) in [5.74, 6) is 2.38. The zero-order valence-electron chi connectivity index (χ0n) is 22.0. The van der Waals surface area contributed by atoms with Crippen molar-refractivity contribution in [3.8, 4) is 17.2 Å². The minimum absolute atomic E-state index is 0.183. The van der Waals surface area contributed by atoms with Crippen LogP contribution in [0, 0.1) is 0 Å². The van der Waals surface area contributed by atoms with E-state index in [-0.39, 0.29) is 12.5 Å². The average molecular weight is 554 g/mol. The molecule has 0 radical (unpaired) electrons. The van der Waals surface area contributed by atoms with E-state index in [9.17, 15) is 4.79 Å². The first kappa shape index (κ1) is 26.8. The lowest BCUT2D eigenvalue weighted by Crippen LogP contribution is -2.28. The van der Waals surface area contributed by atoms with E-state index in [1.54, 1.807) is 49.8 Å². The number of nitrogens with zero attached hydrogens (tertiary/aromatic N) is 3. The molecule has 4 aromatic rings. The fourth-order valence-electron chi connectivity index (χ4n) is 3.94. The van der Waals surface area contributed by atoms with Gasteiger partial charge in [-0.25, -0.2) is 0 Å². The minimum Gasteiger partial charge on any atom is -0.493 e. The SMILES string of the molecule is COc1ccc(/C=N\N=C2\S/C(=C\c3cccc(OCc4ccccc4)c3)C(=O)N2Cc2ccco2)cc1OC. The summed E-state index contributed by atoms with van der Waals surface area (Å²) in [6, 6.07) is 26.6. The number of ether oxygens (including phenoxy) is 3. The summed E-state index contributed by atoms with van der Waals surface area (Å²) >= 11 is 1.26. The Labute approximate surface area is 236 Å². The largest absolute Gasteiger partial charge is 0.493 e. The van der Waals surface area contributed by atoms with Crippen LogP contribution in [0.1, 0.15) is 22.5 Å². The standard InChI is InChI=1S/C31H27N3O5S/c1-36-27-14-13-24(17-28(27)37-2)19-32-33-31-34(20-26-12-7-15-38-26)30(35)29(40-31)18-23-10-6-11-25(16-23)39-21-22-8-4-3-5-9-22/h3-19H,20-21H2,1-2H3/b29-18-,32-19-,33-31+. The molecule has 40 heavy (non-hydrogen) atoms. The summed E-state index contributed by atoms with van der Waals surface area (Å²) in [7, 11) is 3.16. The van der Waals surface area contributed by atoms with Crippen LogP contribution in [0.25, 0.3) is 6.08 Å². The Morgan fingerprint density at radius 1 is 0.900 bits per heavy atom. The Morgan fingerprint density at radius 2 is 1.75 bits per heavy atom. The first-order valence-electron chi connectivity index (χ1n) is 12.5. The van der Waals surface area contributed by atoms with Crippen molar-refractivity contribution in [2.75, 3.05) is 14.2 Å². The number of furan rings is 1. The topological polar surface area (TPSA) is 85.9 Å². The lowest BCUT2D eigenvalue weighted by atomic mass is 10.2. The molecule has 1 aliphatic heterocycles. The smallest absolute Gasteiger partial charge is 0.267 e. The number of amidine groups is 1. The molecule has 1 aromatic heterocycles. The van der Waals surface area contributed by atoms with E-state index in [0.717, 1.165) is 22.4 Å². The number of hydrogen-bond acceptors (Lipinski definition) is 8. The highest BCUT2D eigenvalue weighted by Crippen LogP contribution is 2.34. The molecule has 3 aromatic carbocycles. The molecule has 0 N–H and O–H groups in total. The molecule has 1 aliphatic rings. The van der Waals surface area contributed by atoms with E-state index >= 15 is 0 Å². The monoisotopic (exact) mass is 553 g/mol. The highest BCUT2D eigenvalue weighted by molar-refractivity contribution is 8.18. The second-order valence-corrected chi connectivity index (χ2v) is 9.68. The van der Waals surface area contributed by atoms with Crippen molar-refractivity contribution in [1.82, 2.24) is 4.90 Å². The van der Waals surface area contributed by atoms with Crippen molar-refractivity contribution >= 4 is 35.1 Å². The number of benzene rings is 3. The van der Waals surface area contributed by atoms with E-state index in [0.29, 0.717) is 33.9 Å². The van der Waals surface area contributed by atoms with Gasteiger partial charge in [0.1, 0.15) is 18.1 Å². The van der Waals surface area contributed by atoms with E-state index in [4.69, 9.17) is 18.6 Å². The zero-order valence-corrected chi connectivity index (χ0v) is 22.8.